The fraction of sp³-hybridized carbons (Fsp3) is 1.00. The van der Waals surface area contributed by atoms with E-state index in [-0.39, 0.29) is 12.1 Å². The van der Waals surface area contributed by atoms with Gasteiger partial charge in [-0.2, -0.15) is 17.0 Å². The molecule has 7 heteroatoms. The standard InChI is InChI=1S/C11H21BrN2O3S/c1-10-9-17-11(7-12)8-14(10)18(15,16)13-5-3-2-4-6-13/h10-11H,2-9H2,1H3. The van der Waals surface area contributed by atoms with Crippen LogP contribution in [0.2, 0.25) is 0 Å². The third-order valence-electron chi connectivity index (χ3n) is 3.56. The molecule has 0 aromatic heterocycles. The predicted molar refractivity (Wildman–Crippen MR) is 74.0 cm³/mol. The Morgan fingerprint density at radius 3 is 2.56 bits per heavy atom. The molecule has 0 amide bonds. The number of rotatable bonds is 3. The third-order valence-corrected chi connectivity index (χ3v) is 6.40. The third kappa shape index (κ3) is 3.07. The van der Waals surface area contributed by atoms with Gasteiger partial charge >= 0.3 is 0 Å². The van der Waals surface area contributed by atoms with Gasteiger partial charge < -0.3 is 4.74 Å². The summed E-state index contributed by atoms with van der Waals surface area (Å²) in [6.07, 6.45) is 3.04. The van der Waals surface area contributed by atoms with E-state index in [1.54, 1.807) is 8.61 Å². The minimum absolute atomic E-state index is 0.0410. The van der Waals surface area contributed by atoms with Crippen LogP contribution in [-0.2, 0) is 14.9 Å². The van der Waals surface area contributed by atoms with E-state index >= 15 is 0 Å². The normalized spacial score (nSPS) is 32.6. The summed E-state index contributed by atoms with van der Waals surface area (Å²) in [7, 11) is -3.31. The van der Waals surface area contributed by atoms with E-state index in [0.29, 0.717) is 31.6 Å². The Balaban J connectivity index is 2.11. The molecule has 2 unspecified atom stereocenters. The summed E-state index contributed by atoms with van der Waals surface area (Å²) in [5.41, 5.74) is 0. The van der Waals surface area contributed by atoms with Crippen molar-refractivity contribution in [2.24, 2.45) is 0 Å². The van der Waals surface area contributed by atoms with Gasteiger partial charge in [0, 0.05) is 31.0 Å². The second-order valence-electron chi connectivity index (χ2n) is 5.00. The second kappa shape index (κ2) is 6.17. The lowest BCUT2D eigenvalue weighted by Gasteiger charge is -2.40. The molecule has 0 aromatic rings. The molecule has 2 saturated heterocycles. The fourth-order valence-electron chi connectivity index (χ4n) is 2.45. The molecule has 2 atom stereocenters. The summed E-state index contributed by atoms with van der Waals surface area (Å²) in [6.45, 7) is 4.15. The highest BCUT2D eigenvalue weighted by atomic mass is 79.9. The molecule has 2 aliphatic heterocycles. The van der Waals surface area contributed by atoms with Crippen molar-refractivity contribution in [1.82, 2.24) is 8.61 Å². The summed E-state index contributed by atoms with van der Waals surface area (Å²) >= 11 is 3.36. The highest BCUT2D eigenvalue weighted by molar-refractivity contribution is 9.09. The lowest BCUT2D eigenvalue weighted by atomic mass is 10.2. The first-order valence-corrected chi connectivity index (χ1v) is 9.02. The summed E-state index contributed by atoms with van der Waals surface area (Å²) < 4.78 is 34.0. The monoisotopic (exact) mass is 340 g/mol. The molecule has 0 radical (unpaired) electrons. The molecule has 5 nitrogen and oxygen atoms in total. The lowest BCUT2D eigenvalue weighted by Crippen LogP contribution is -2.56. The van der Waals surface area contributed by atoms with Gasteiger partial charge in [0.1, 0.15) is 0 Å². The zero-order valence-electron chi connectivity index (χ0n) is 10.7. The Kier molecular flexibility index (Phi) is 5.05. The maximum absolute atomic E-state index is 12.6. The van der Waals surface area contributed by atoms with Crippen LogP contribution in [0.15, 0.2) is 0 Å². The molecule has 2 rings (SSSR count). The Morgan fingerprint density at radius 1 is 1.28 bits per heavy atom. The average Bonchev–Trinajstić information content (AvgIpc) is 2.40. The number of alkyl halides is 1. The van der Waals surface area contributed by atoms with Gasteiger partial charge in [0.2, 0.25) is 0 Å². The van der Waals surface area contributed by atoms with Crippen LogP contribution < -0.4 is 0 Å². The van der Waals surface area contributed by atoms with E-state index < -0.39 is 10.2 Å². The highest BCUT2D eigenvalue weighted by Gasteiger charge is 2.38. The van der Waals surface area contributed by atoms with Crippen LogP contribution in [0.4, 0.5) is 0 Å². The van der Waals surface area contributed by atoms with Crippen molar-refractivity contribution in [2.75, 3.05) is 31.6 Å². The van der Waals surface area contributed by atoms with Crippen LogP contribution in [0.1, 0.15) is 26.2 Å². The molecule has 18 heavy (non-hydrogen) atoms. The van der Waals surface area contributed by atoms with E-state index in [1.807, 2.05) is 6.92 Å². The van der Waals surface area contributed by atoms with Gasteiger partial charge in [-0.3, -0.25) is 0 Å². The zero-order valence-corrected chi connectivity index (χ0v) is 13.1. The summed E-state index contributed by atoms with van der Waals surface area (Å²) in [6, 6.07) is -0.0766. The minimum Gasteiger partial charge on any atom is -0.374 e. The van der Waals surface area contributed by atoms with Gasteiger partial charge in [0.15, 0.2) is 0 Å². The van der Waals surface area contributed by atoms with E-state index in [0.717, 1.165) is 19.3 Å². The molecule has 2 heterocycles. The molecule has 0 bridgehead atoms. The molecule has 0 aromatic carbocycles. The molecular weight excluding hydrogens is 320 g/mol. The molecule has 2 fully saturated rings. The smallest absolute Gasteiger partial charge is 0.282 e. The first kappa shape index (κ1) is 14.7. The van der Waals surface area contributed by atoms with Crippen LogP contribution in [-0.4, -0.2) is 60.7 Å². The largest absolute Gasteiger partial charge is 0.374 e. The highest BCUT2D eigenvalue weighted by Crippen LogP contribution is 2.22. The van der Waals surface area contributed by atoms with Crippen LogP contribution in [0.5, 0.6) is 0 Å². The maximum Gasteiger partial charge on any atom is 0.282 e. The number of piperidine rings is 1. The van der Waals surface area contributed by atoms with Crippen molar-refractivity contribution in [3.63, 3.8) is 0 Å². The topological polar surface area (TPSA) is 49.9 Å². The van der Waals surface area contributed by atoms with Crippen molar-refractivity contribution in [3.8, 4) is 0 Å². The first-order valence-electron chi connectivity index (χ1n) is 6.50. The number of hydrogen-bond donors (Lipinski definition) is 0. The van der Waals surface area contributed by atoms with E-state index in [9.17, 15) is 8.42 Å². The Labute approximate surface area is 118 Å². The predicted octanol–water partition coefficient (Wildman–Crippen LogP) is 1.20. The summed E-state index contributed by atoms with van der Waals surface area (Å²) in [5, 5.41) is 0.672. The second-order valence-corrected chi connectivity index (χ2v) is 7.52. The van der Waals surface area contributed by atoms with Crippen molar-refractivity contribution in [1.29, 1.82) is 0 Å². The molecule has 0 aliphatic carbocycles. The average molecular weight is 341 g/mol. The van der Waals surface area contributed by atoms with E-state index in [2.05, 4.69) is 15.9 Å². The molecule has 0 spiro atoms. The Hall–Kier alpha value is 0.310. The van der Waals surface area contributed by atoms with Gasteiger partial charge in [-0.05, 0) is 19.8 Å². The number of halogens is 1. The number of morpholine rings is 1. The van der Waals surface area contributed by atoms with E-state index in [4.69, 9.17) is 4.74 Å². The number of ether oxygens (including phenoxy) is 1. The number of hydrogen-bond acceptors (Lipinski definition) is 3. The number of nitrogens with zero attached hydrogens (tertiary/aromatic N) is 2. The summed E-state index contributed by atoms with van der Waals surface area (Å²) in [5.74, 6) is 0. The SMILES string of the molecule is CC1COC(CBr)CN1S(=O)(=O)N1CCCCC1. The van der Waals surface area contributed by atoms with Crippen LogP contribution in [0.3, 0.4) is 0 Å². The van der Waals surface area contributed by atoms with Crippen molar-refractivity contribution >= 4 is 26.1 Å². The Morgan fingerprint density at radius 2 is 1.94 bits per heavy atom. The first-order chi connectivity index (χ1) is 8.55. The van der Waals surface area contributed by atoms with Crippen LogP contribution >= 0.6 is 15.9 Å². The van der Waals surface area contributed by atoms with Gasteiger partial charge in [-0.1, -0.05) is 22.4 Å². The van der Waals surface area contributed by atoms with Crippen LogP contribution in [0, 0.1) is 0 Å². The molecule has 0 N–H and O–H groups in total. The maximum atomic E-state index is 12.6. The van der Waals surface area contributed by atoms with Gasteiger partial charge in [-0.15, -0.1) is 0 Å². The van der Waals surface area contributed by atoms with Crippen molar-refractivity contribution in [2.45, 2.75) is 38.3 Å². The molecule has 106 valence electrons. The fourth-order valence-corrected chi connectivity index (χ4v) is 4.73. The molecule has 0 saturated carbocycles. The summed E-state index contributed by atoms with van der Waals surface area (Å²) in [4.78, 5) is 0. The molecule has 2 aliphatic rings. The zero-order chi connectivity index (χ0) is 13.2. The minimum atomic E-state index is -3.31. The van der Waals surface area contributed by atoms with Gasteiger partial charge in [-0.25, -0.2) is 0 Å². The van der Waals surface area contributed by atoms with Gasteiger partial charge in [0.05, 0.1) is 12.7 Å². The van der Waals surface area contributed by atoms with Crippen molar-refractivity contribution in [3.05, 3.63) is 0 Å². The van der Waals surface area contributed by atoms with Crippen molar-refractivity contribution < 1.29 is 13.2 Å². The lowest BCUT2D eigenvalue weighted by molar-refractivity contribution is -0.0161. The van der Waals surface area contributed by atoms with E-state index in [1.165, 1.54) is 0 Å². The van der Waals surface area contributed by atoms with Gasteiger partial charge in [0.25, 0.3) is 10.2 Å². The molecular formula is C11H21BrN2O3S. The van der Waals surface area contributed by atoms with Crippen LogP contribution in [0.25, 0.3) is 0 Å². The Bertz CT molecular complexity index is 370. The quantitative estimate of drug-likeness (QED) is 0.725.